The Labute approximate surface area is 159 Å². The van der Waals surface area contributed by atoms with Gasteiger partial charge in [-0.3, -0.25) is 0 Å². The third-order valence-corrected chi connectivity index (χ3v) is 7.08. The summed E-state index contributed by atoms with van der Waals surface area (Å²) in [6.07, 6.45) is 0. The fraction of sp³-hybridized carbons (Fsp3) is 0.316. The van der Waals surface area contributed by atoms with E-state index in [-0.39, 0.29) is 15.5 Å². The molecule has 5 nitrogen and oxygen atoms in total. The van der Waals surface area contributed by atoms with Crippen LogP contribution in [0.2, 0.25) is 5.02 Å². The lowest BCUT2D eigenvalue weighted by atomic mass is 10.1. The van der Waals surface area contributed by atoms with E-state index in [0.29, 0.717) is 26.2 Å². The maximum atomic E-state index is 12.9. The number of anilines is 1. The van der Waals surface area contributed by atoms with Crippen molar-refractivity contribution in [3.05, 3.63) is 58.1 Å². The van der Waals surface area contributed by atoms with Crippen LogP contribution in [0.25, 0.3) is 0 Å². The number of benzene rings is 2. The molecule has 0 unspecified atom stereocenters. The topological polar surface area (TPSA) is 64.4 Å². The van der Waals surface area contributed by atoms with Gasteiger partial charge in [0.1, 0.15) is 6.07 Å². The number of hydrogen-bond acceptors (Lipinski definition) is 4. The Morgan fingerprint density at radius 3 is 2.42 bits per heavy atom. The van der Waals surface area contributed by atoms with Crippen LogP contribution in [0, 0.1) is 25.2 Å². The zero-order valence-electron chi connectivity index (χ0n) is 14.7. The fourth-order valence-electron chi connectivity index (χ4n) is 3.15. The van der Waals surface area contributed by atoms with Gasteiger partial charge >= 0.3 is 0 Å². The Morgan fingerprint density at radius 2 is 1.77 bits per heavy atom. The van der Waals surface area contributed by atoms with E-state index in [0.717, 1.165) is 5.69 Å². The minimum atomic E-state index is -3.64. The SMILES string of the molecule is Cc1cccc(N2CCN(S(=O)(=O)c3ccc(Cl)c(C#N)c3)CC2)c1C. The molecule has 1 aliphatic rings. The average molecular weight is 390 g/mol. The van der Waals surface area contributed by atoms with Crippen molar-refractivity contribution in [1.82, 2.24) is 4.31 Å². The fourth-order valence-corrected chi connectivity index (χ4v) is 4.76. The molecule has 0 saturated carbocycles. The quantitative estimate of drug-likeness (QED) is 0.807. The highest BCUT2D eigenvalue weighted by Crippen LogP contribution is 2.27. The molecule has 0 amide bonds. The normalized spacial score (nSPS) is 15.7. The van der Waals surface area contributed by atoms with Crippen molar-refractivity contribution >= 4 is 27.3 Å². The molecule has 136 valence electrons. The maximum Gasteiger partial charge on any atom is 0.243 e. The first kappa shape index (κ1) is 18.7. The number of halogens is 1. The van der Waals surface area contributed by atoms with Gasteiger partial charge in [-0.15, -0.1) is 0 Å². The molecule has 1 fully saturated rings. The molecule has 1 aliphatic heterocycles. The molecule has 0 bridgehead atoms. The molecule has 0 radical (unpaired) electrons. The minimum Gasteiger partial charge on any atom is -0.369 e. The summed E-state index contributed by atoms with van der Waals surface area (Å²) in [5.74, 6) is 0. The number of sulfonamides is 1. The van der Waals surface area contributed by atoms with Gasteiger partial charge in [0.2, 0.25) is 10.0 Å². The molecule has 26 heavy (non-hydrogen) atoms. The van der Waals surface area contributed by atoms with E-state index >= 15 is 0 Å². The second-order valence-corrected chi connectivity index (χ2v) is 8.71. The Kier molecular flexibility index (Phi) is 5.24. The van der Waals surface area contributed by atoms with Crippen molar-refractivity contribution in [2.24, 2.45) is 0 Å². The van der Waals surface area contributed by atoms with Gasteiger partial charge in [-0.05, 0) is 49.2 Å². The van der Waals surface area contributed by atoms with Gasteiger partial charge < -0.3 is 4.90 Å². The molecule has 1 heterocycles. The predicted molar refractivity (Wildman–Crippen MR) is 103 cm³/mol. The Morgan fingerprint density at radius 1 is 1.08 bits per heavy atom. The Balaban J connectivity index is 1.79. The van der Waals surface area contributed by atoms with Crippen molar-refractivity contribution in [1.29, 1.82) is 5.26 Å². The van der Waals surface area contributed by atoms with Crippen molar-refractivity contribution in [3.8, 4) is 6.07 Å². The van der Waals surface area contributed by atoms with Crippen LogP contribution in [0.1, 0.15) is 16.7 Å². The van der Waals surface area contributed by atoms with Gasteiger partial charge in [-0.25, -0.2) is 8.42 Å². The van der Waals surface area contributed by atoms with Gasteiger partial charge in [0.05, 0.1) is 15.5 Å². The number of rotatable bonds is 3. The standard InChI is InChI=1S/C19H20ClN3O2S/c1-14-4-3-5-19(15(14)2)22-8-10-23(11-9-22)26(24,25)17-6-7-18(20)16(12-17)13-21/h3-7,12H,8-11H2,1-2H3. The van der Waals surface area contributed by atoms with E-state index in [1.54, 1.807) is 0 Å². The zero-order valence-corrected chi connectivity index (χ0v) is 16.3. The van der Waals surface area contributed by atoms with Crippen molar-refractivity contribution in [3.63, 3.8) is 0 Å². The highest BCUT2D eigenvalue weighted by Gasteiger charge is 2.29. The summed E-state index contributed by atoms with van der Waals surface area (Å²) in [5.41, 5.74) is 3.77. The molecule has 0 aromatic heterocycles. The third kappa shape index (κ3) is 3.43. The van der Waals surface area contributed by atoms with Crippen molar-refractivity contribution < 1.29 is 8.42 Å². The molecule has 7 heteroatoms. The highest BCUT2D eigenvalue weighted by molar-refractivity contribution is 7.89. The van der Waals surface area contributed by atoms with Crippen LogP contribution in [0.3, 0.4) is 0 Å². The van der Waals surface area contributed by atoms with Crippen LogP contribution in [0.5, 0.6) is 0 Å². The molecule has 0 aliphatic carbocycles. The molecule has 2 aromatic carbocycles. The lowest BCUT2D eigenvalue weighted by Gasteiger charge is -2.36. The molecule has 3 rings (SSSR count). The zero-order chi connectivity index (χ0) is 18.9. The molecular formula is C19H20ClN3O2S. The van der Waals surface area contributed by atoms with E-state index in [2.05, 4.69) is 30.9 Å². The number of aryl methyl sites for hydroxylation is 1. The van der Waals surface area contributed by atoms with Crippen LogP contribution < -0.4 is 4.90 Å². The predicted octanol–water partition coefficient (Wildman–Crippen LogP) is 3.34. The smallest absolute Gasteiger partial charge is 0.243 e. The van der Waals surface area contributed by atoms with Gasteiger partial charge in [0.15, 0.2) is 0 Å². The molecule has 0 N–H and O–H groups in total. The molecule has 0 atom stereocenters. The van der Waals surface area contributed by atoms with Crippen LogP contribution in [0.15, 0.2) is 41.3 Å². The van der Waals surface area contributed by atoms with Crippen LogP contribution in [-0.4, -0.2) is 38.9 Å². The summed E-state index contributed by atoms with van der Waals surface area (Å²) in [4.78, 5) is 2.33. The summed E-state index contributed by atoms with van der Waals surface area (Å²) >= 11 is 5.91. The lowest BCUT2D eigenvalue weighted by molar-refractivity contribution is 0.384. The molecule has 2 aromatic rings. The summed E-state index contributed by atoms with van der Waals surface area (Å²) in [5, 5.41) is 9.33. The summed E-state index contributed by atoms with van der Waals surface area (Å²) in [6, 6.07) is 12.4. The lowest BCUT2D eigenvalue weighted by Crippen LogP contribution is -2.48. The molecule has 1 saturated heterocycles. The van der Waals surface area contributed by atoms with Gasteiger partial charge in [-0.2, -0.15) is 9.57 Å². The van der Waals surface area contributed by atoms with E-state index in [1.165, 1.54) is 33.6 Å². The Bertz CT molecular complexity index is 975. The van der Waals surface area contributed by atoms with Crippen molar-refractivity contribution in [2.75, 3.05) is 31.1 Å². The van der Waals surface area contributed by atoms with E-state index in [9.17, 15) is 8.42 Å². The Hall–Kier alpha value is -2.07. The monoisotopic (exact) mass is 389 g/mol. The minimum absolute atomic E-state index is 0.110. The van der Waals surface area contributed by atoms with E-state index in [4.69, 9.17) is 16.9 Å². The van der Waals surface area contributed by atoms with E-state index in [1.807, 2.05) is 12.1 Å². The summed E-state index contributed by atoms with van der Waals surface area (Å²) in [7, 11) is -3.64. The number of piperazine rings is 1. The maximum absolute atomic E-state index is 12.9. The van der Waals surface area contributed by atoms with Gasteiger partial charge in [0.25, 0.3) is 0 Å². The number of hydrogen-bond donors (Lipinski definition) is 0. The van der Waals surface area contributed by atoms with Crippen molar-refractivity contribution in [2.45, 2.75) is 18.7 Å². The summed E-state index contributed by atoms with van der Waals surface area (Å²) < 4.78 is 27.2. The average Bonchev–Trinajstić information content (AvgIpc) is 2.64. The van der Waals surface area contributed by atoms with Gasteiger partial charge in [-0.1, -0.05) is 23.7 Å². The first-order valence-electron chi connectivity index (χ1n) is 8.35. The molecular weight excluding hydrogens is 370 g/mol. The third-order valence-electron chi connectivity index (χ3n) is 4.85. The first-order valence-corrected chi connectivity index (χ1v) is 10.2. The first-order chi connectivity index (χ1) is 12.3. The largest absolute Gasteiger partial charge is 0.369 e. The van der Waals surface area contributed by atoms with Gasteiger partial charge in [0, 0.05) is 31.9 Å². The van der Waals surface area contributed by atoms with Crippen LogP contribution in [-0.2, 0) is 10.0 Å². The number of nitrogens with zero attached hydrogens (tertiary/aromatic N) is 3. The second kappa shape index (κ2) is 7.28. The highest BCUT2D eigenvalue weighted by atomic mass is 35.5. The van der Waals surface area contributed by atoms with Crippen LogP contribution >= 0.6 is 11.6 Å². The van der Waals surface area contributed by atoms with Crippen LogP contribution in [0.4, 0.5) is 5.69 Å². The molecule has 0 spiro atoms. The number of nitriles is 1. The van der Waals surface area contributed by atoms with E-state index < -0.39 is 10.0 Å². The summed E-state index contributed by atoms with van der Waals surface area (Å²) in [6.45, 7) is 6.22. The second-order valence-electron chi connectivity index (χ2n) is 6.36.